The Bertz CT molecular complexity index is 950. The number of nitrogens with zero attached hydrogens (tertiary/aromatic N) is 3. The van der Waals surface area contributed by atoms with Crippen molar-refractivity contribution in [2.75, 3.05) is 10.6 Å². The van der Waals surface area contributed by atoms with E-state index < -0.39 is 5.91 Å². The number of carbonyl (C=O) groups excluding carboxylic acids is 1. The fraction of sp³-hybridized carbons (Fsp3) is 0. The van der Waals surface area contributed by atoms with Gasteiger partial charge in [-0.05, 0) is 42.5 Å². The molecule has 0 bridgehead atoms. The lowest BCUT2D eigenvalue weighted by molar-refractivity contribution is 0.102. The summed E-state index contributed by atoms with van der Waals surface area (Å²) in [6, 6.07) is 17.8. The topological polar surface area (TPSA) is 90.7 Å². The second-order valence-electron chi connectivity index (χ2n) is 5.01. The van der Waals surface area contributed by atoms with E-state index in [0.29, 0.717) is 17.2 Å². The first-order valence-corrected chi connectivity index (χ1v) is 8.11. The molecule has 1 heterocycles. The standard InChI is InChI=1S/C18H12BrN5O/c19-13-5-7-14(8-6-13)22-18-21-10-9-16(24-18)17(25)23-15-4-2-1-3-12(15)11-20/h1-10H,(H,23,25)(H,21,22,24). The minimum absolute atomic E-state index is 0.197. The maximum absolute atomic E-state index is 12.4. The van der Waals surface area contributed by atoms with Gasteiger partial charge in [-0.15, -0.1) is 0 Å². The third-order valence-electron chi connectivity index (χ3n) is 3.28. The van der Waals surface area contributed by atoms with Gasteiger partial charge in [0.2, 0.25) is 5.95 Å². The smallest absolute Gasteiger partial charge is 0.274 e. The summed E-state index contributed by atoms with van der Waals surface area (Å²) >= 11 is 3.37. The molecule has 0 aliphatic carbocycles. The first-order valence-electron chi connectivity index (χ1n) is 7.32. The lowest BCUT2D eigenvalue weighted by Gasteiger charge is -2.08. The average molecular weight is 394 g/mol. The molecule has 0 saturated heterocycles. The van der Waals surface area contributed by atoms with Crippen LogP contribution in [0.1, 0.15) is 16.1 Å². The average Bonchev–Trinajstić information content (AvgIpc) is 2.64. The number of para-hydroxylation sites is 1. The van der Waals surface area contributed by atoms with Crippen LogP contribution in [0, 0.1) is 11.3 Å². The molecule has 2 aromatic carbocycles. The fourth-order valence-electron chi connectivity index (χ4n) is 2.08. The molecule has 0 atom stereocenters. The van der Waals surface area contributed by atoms with E-state index in [2.05, 4.69) is 36.5 Å². The third-order valence-corrected chi connectivity index (χ3v) is 3.81. The number of carbonyl (C=O) groups is 1. The summed E-state index contributed by atoms with van der Waals surface area (Å²) in [6.07, 6.45) is 1.50. The molecule has 1 amide bonds. The van der Waals surface area contributed by atoms with Crippen LogP contribution in [0.3, 0.4) is 0 Å². The van der Waals surface area contributed by atoms with Crippen molar-refractivity contribution in [2.45, 2.75) is 0 Å². The largest absolute Gasteiger partial charge is 0.324 e. The number of nitrogens with one attached hydrogen (secondary N) is 2. The van der Waals surface area contributed by atoms with Crippen molar-refractivity contribution in [3.63, 3.8) is 0 Å². The fourth-order valence-corrected chi connectivity index (χ4v) is 2.35. The van der Waals surface area contributed by atoms with Gasteiger partial charge in [0.15, 0.2) is 0 Å². The van der Waals surface area contributed by atoms with Crippen molar-refractivity contribution >= 4 is 39.2 Å². The third kappa shape index (κ3) is 4.19. The van der Waals surface area contributed by atoms with E-state index in [0.717, 1.165) is 10.2 Å². The summed E-state index contributed by atoms with van der Waals surface area (Å²) in [6.45, 7) is 0. The molecular formula is C18H12BrN5O. The van der Waals surface area contributed by atoms with Gasteiger partial charge < -0.3 is 10.6 Å². The van der Waals surface area contributed by atoms with Crippen LogP contribution in [-0.2, 0) is 0 Å². The SMILES string of the molecule is N#Cc1ccccc1NC(=O)c1ccnc(Nc2ccc(Br)cc2)n1. The van der Waals surface area contributed by atoms with Gasteiger partial charge in [0.25, 0.3) is 5.91 Å². The van der Waals surface area contributed by atoms with Gasteiger partial charge in [-0.3, -0.25) is 4.79 Å². The Morgan fingerprint density at radius 1 is 1.08 bits per heavy atom. The lowest BCUT2D eigenvalue weighted by Crippen LogP contribution is -2.15. The van der Waals surface area contributed by atoms with Crippen LogP contribution < -0.4 is 10.6 Å². The van der Waals surface area contributed by atoms with E-state index in [1.807, 2.05) is 30.3 Å². The molecule has 7 heteroatoms. The second-order valence-corrected chi connectivity index (χ2v) is 5.92. The molecule has 3 aromatic rings. The summed E-state index contributed by atoms with van der Waals surface area (Å²) in [4.78, 5) is 20.7. The zero-order valence-corrected chi connectivity index (χ0v) is 14.5. The van der Waals surface area contributed by atoms with Crippen molar-refractivity contribution in [1.29, 1.82) is 5.26 Å². The Morgan fingerprint density at radius 3 is 2.60 bits per heavy atom. The van der Waals surface area contributed by atoms with Gasteiger partial charge in [-0.1, -0.05) is 28.1 Å². The first kappa shape index (κ1) is 16.6. The summed E-state index contributed by atoms with van der Waals surface area (Å²) in [5.74, 6) is -0.104. The van der Waals surface area contributed by atoms with E-state index in [1.54, 1.807) is 24.3 Å². The maximum Gasteiger partial charge on any atom is 0.274 e. The van der Waals surface area contributed by atoms with E-state index >= 15 is 0 Å². The lowest BCUT2D eigenvalue weighted by atomic mass is 10.2. The van der Waals surface area contributed by atoms with E-state index in [9.17, 15) is 4.79 Å². The van der Waals surface area contributed by atoms with Gasteiger partial charge in [0.1, 0.15) is 11.8 Å². The normalized spacial score (nSPS) is 9.92. The van der Waals surface area contributed by atoms with Gasteiger partial charge >= 0.3 is 0 Å². The number of amides is 1. The van der Waals surface area contributed by atoms with Crippen LogP contribution in [0.25, 0.3) is 0 Å². The molecular weight excluding hydrogens is 382 g/mol. The number of halogens is 1. The van der Waals surface area contributed by atoms with Crippen LogP contribution >= 0.6 is 15.9 Å². The van der Waals surface area contributed by atoms with Crippen molar-refractivity contribution in [3.8, 4) is 6.07 Å². The molecule has 122 valence electrons. The molecule has 25 heavy (non-hydrogen) atoms. The Balaban J connectivity index is 1.77. The molecule has 0 saturated carbocycles. The second kappa shape index (κ2) is 7.55. The number of hydrogen-bond acceptors (Lipinski definition) is 5. The Kier molecular flexibility index (Phi) is 5.02. The highest BCUT2D eigenvalue weighted by Crippen LogP contribution is 2.18. The molecule has 0 aliphatic rings. The van der Waals surface area contributed by atoms with Crippen LogP contribution in [0.2, 0.25) is 0 Å². The quantitative estimate of drug-likeness (QED) is 0.695. The predicted molar refractivity (Wildman–Crippen MR) is 98.6 cm³/mol. The minimum Gasteiger partial charge on any atom is -0.324 e. The number of benzene rings is 2. The van der Waals surface area contributed by atoms with Gasteiger partial charge in [0.05, 0.1) is 11.3 Å². The number of nitriles is 1. The zero-order chi connectivity index (χ0) is 17.6. The Hall–Kier alpha value is -3.24. The predicted octanol–water partition coefficient (Wildman–Crippen LogP) is 4.11. The highest BCUT2D eigenvalue weighted by molar-refractivity contribution is 9.10. The van der Waals surface area contributed by atoms with Gasteiger partial charge in [0, 0.05) is 16.4 Å². The van der Waals surface area contributed by atoms with Crippen molar-refractivity contribution < 1.29 is 4.79 Å². The number of aromatic nitrogens is 2. The number of anilines is 3. The number of rotatable bonds is 4. The Labute approximate surface area is 152 Å². The molecule has 3 rings (SSSR count). The molecule has 0 aliphatic heterocycles. The molecule has 6 nitrogen and oxygen atoms in total. The first-order chi connectivity index (χ1) is 12.2. The van der Waals surface area contributed by atoms with Crippen LogP contribution in [0.15, 0.2) is 65.3 Å². The molecule has 0 radical (unpaired) electrons. The van der Waals surface area contributed by atoms with Crippen molar-refractivity contribution in [2.24, 2.45) is 0 Å². The van der Waals surface area contributed by atoms with Crippen molar-refractivity contribution in [3.05, 3.63) is 76.5 Å². The Morgan fingerprint density at radius 2 is 1.84 bits per heavy atom. The highest BCUT2D eigenvalue weighted by atomic mass is 79.9. The van der Waals surface area contributed by atoms with Crippen LogP contribution in [-0.4, -0.2) is 15.9 Å². The molecule has 0 fully saturated rings. The summed E-state index contributed by atoms with van der Waals surface area (Å²) < 4.78 is 0.961. The van der Waals surface area contributed by atoms with Gasteiger partial charge in [-0.2, -0.15) is 5.26 Å². The van der Waals surface area contributed by atoms with E-state index in [-0.39, 0.29) is 5.69 Å². The zero-order valence-electron chi connectivity index (χ0n) is 12.9. The van der Waals surface area contributed by atoms with E-state index in [1.165, 1.54) is 12.3 Å². The molecule has 2 N–H and O–H groups in total. The van der Waals surface area contributed by atoms with E-state index in [4.69, 9.17) is 5.26 Å². The molecule has 1 aromatic heterocycles. The summed E-state index contributed by atoms with van der Waals surface area (Å²) in [5.41, 5.74) is 1.83. The van der Waals surface area contributed by atoms with Gasteiger partial charge in [-0.25, -0.2) is 9.97 Å². The summed E-state index contributed by atoms with van der Waals surface area (Å²) in [5, 5.41) is 14.8. The maximum atomic E-state index is 12.4. The molecule has 0 spiro atoms. The summed E-state index contributed by atoms with van der Waals surface area (Å²) in [7, 11) is 0. The number of hydrogen-bond donors (Lipinski definition) is 2. The van der Waals surface area contributed by atoms with Crippen molar-refractivity contribution in [1.82, 2.24) is 9.97 Å². The van der Waals surface area contributed by atoms with Crippen LogP contribution in [0.5, 0.6) is 0 Å². The monoisotopic (exact) mass is 393 g/mol. The molecule has 0 unspecified atom stereocenters. The minimum atomic E-state index is -0.413. The highest BCUT2D eigenvalue weighted by Gasteiger charge is 2.11. The van der Waals surface area contributed by atoms with Crippen LogP contribution in [0.4, 0.5) is 17.3 Å².